The average molecular weight is 351 g/mol. The van der Waals surface area contributed by atoms with Crippen molar-refractivity contribution in [2.45, 2.75) is 20.8 Å². The van der Waals surface area contributed by atoms with Gasteiger partial charge in [0.05, 0.1) is 17.7 Å². The molecule has 2 aromatic rings. The number of esters is 1. The molecule has 1 aliphatic heterocycles. The van der Waals surface area contributed by atoms with Crippen LogP contribution in [0.1, 0.15) is 39.8 Å². The Morgan fingerprint density at radius 1 is 1.38 bits per heavy atom. The predicted octanol–water partition coefficient (Wildman–Crippen LogP) is 4.24. The zero-order chi connectivity index (χ0) is 18.8. The summed E-state index contributed by atoms with van der Waals surface area (Å²) in [6.45, 7) is 5.62. The second kappa shape index (κ2) is 6.78. The third-order valence-corrected chi connectivity index (χ3v) is 4.19. The molecule has 2 N–H and O–H groups in total. The second-order valence-electron chi connectivity index (χ2n) is 5.82. The highest BCUT2D eigenvalue weighted by Gasteiger charge is 2.26. The molecular formula is C18H17N5O3. The van der Waals surface area contributed by atoms with Gasteiger partial charge in [-0.25, -0.2) is 4.79 Å². The predicted molar refractivity (Wildman–Crippen MR) is 98.0 cm³/mol. The van der Waals surface area contributed by atoms with E-state index in [1.807, 2.05) is 0 Å². The molecule has 8 heteroatoms. The van der Waals surface area contributed by atoms with Gasteiger partial charge >= 0.3 is 5.97 Å². The third kappa shape index (κ3) is 2.94. The molecule has 0 saturated heterocycles. The number of ether oxygens (including phenoxy) is 1. The number of nitrogens with one attached hydrogen (secondary N) is 2. The van der Waals surface area contributed by atoms with Gasteiger partial charge in [0, 0.05) is 33.2 Å². The van der Waals surface area contributed by atoms with Crippen LogP contribution in [0.15, 0.2) is 23.3 Å². The summed E-state index contributed by atoms with van der Waals surface area (Å²) in [5.41, 5.74) is 13.2. The minimum absolute atomic E-state index is 0.262. The molecule has 2 heterocycles. The van der Waals surface area contributed by atoms with Crippen molar-refractivity contribution in [2.75, 3.05) is 11.9 Å². The number of carbonyl (C=O) groups is 2. The second-order valence-corrected chi connectivity index (χ2v) is 5.82. The zero-order valence-corrected chi connectivity index (χ0v) is 14.6. The first-order chi connectivity index (χ1) is 12.5. The Hall–Kier alpha value is -3.51. The number of aromatic nitrogens is 1. The van der Waals surface area contributed by atoms with Crippen LogP contribution >= 0.6 is 0 Å². The molecule has 8 nitrogen and oxygen atoms in total. The van der Waals surface area contributed by atoms with E-state index in [9.17, 15) is 9.59 Å². The van der Waals surface area contributed by atoms with Crippen molar-refractivity contribution < 1.29 is 14.3 Å². The maximum absolute atomic E-state index is 12.4. The fourth-order valence-corrected chi connectivity index (χ4v) is 3.01. The first-order valence-corrected chi connectivity index (χ1v) is 8.05. The Kier molecular flexibility index (Phi) is 4.51. The van der Waals surface area contributed by atoms with Crippen LogP contribution in [0, 0.1) is 13.8 Å². The number of nitrogens with zero attached hydrogens (tertiary/aromatic N) is 3. The largest absolute Gasteiger partial charge is 0.462 e. The van der Waals surface area contributed by atoms with Crippen molar-refractivity contribution in [2.24, 2.45) is 5.11 Å². The Morgan fingerprint density at radius 3 is 2.85 bits per heavy atom. The average Bonchev–Trinajstić information content (AvgIpc) is 3.05. The maximum Gasteiger partial charge on any atom is 0.340 e. The van der Waals surface area contributed by atoms with E-state index >= 15 is 0 Å². The smallest absolute Gasteiger partial charge is 0.340 e. The lowest BCUT2D eigenvalue weighted by Crippen LogP contribution is -2.06. The number of rotatable bonds is 4. The Labute approximate surface area is 149 Å². The number of anilines is 1. The lowest BCUT2D eigenvalue weighted by molar-refractivity contribution is -0.110. The molecule has 1 amide bonds. The molecule has 26 heavy (non-hydrogen) atoms. The van der Waals surface area contributed by atoms with E-state index in [1.165, 1.54) is 0 Å². The Balaban J connectivity index is 2.08. The quantitative estimate of drug-likeness (QED) is 0.282. The van der Waals surface area contributed by atoms with Crippen LogP contribution in [-0.4, -0.2) is 23.5 Å². The summed E-state index contributed by atoms with van der Waals surface area (Å²) in [5.74, 6) is -0.659. The standard InChI is InChI=1S/C18H17N5O3/c1-4-26-18(25)16-9(2)15(20-10(16)3)8-13-12-7-11(22-23-19)5-6-14(12)21-17(13)24/h5-8,20H,4H2,1-3H3,(H,21,24)/b13-8-. The van der Waals surface area contributed by atoms with Crippen molar-refractivity contribution >= 4 is 34.9 Å². The highest BCUT2D eigenvalue weighted by molar-refractivity contribution is 6.35. The van der Waals surface area contributed by atoms with Crippen LogP contribution in [0.4, 0.5) is 11.4 Å². The topological polar surface area (TPSA) is 120 Å². The maximum atomic E-state index is 12.4. The van der Waals surface area contributed by atoms with E-state index in [4.69, 9.17) is 10.3 Å². The Morgan fingerprint density at radius 2 is 2.15 bits per heavy atom. The molecule has 0 bridgehead atoms. The molecule has 1 aromatic heterocycles. The molecule has 132 valence electrons. The molecule has 0 fully saturated rings. The lowest BCUT2D eigenvalue weighted by atomic mass is 10.0. The van der Waals surface area contributed by atoms with Gasteiger partial charge in [-0.1, -0.05) is 11.2 Å². The van der Waals surface area contributed by atoms with Crippen LogP contribution < -0.4 is 5.32 Å². The summed E-state index contributed by atoms with van der Waals surface area (Å²) < 4.78 is 5.09. The molecule has 0 unspecified atom stereocenters. The van der Waals surface area contributed by atoms with E-state index < -0.39 is 5.97 Å². The minimum Gasteiger partial charge on any atom is -0.462 e. The minimum atomic E-state index is -0.398. The van der Waals surface area contributed by atoms with Crippen LogP contribution in [-0.2, 0) is 9.53 Å². The molecule has 1 aromatic carbocycles. The van der Waals surface area contributed by atoms with E-state index in [1.54, 1.807) is 45.0 Å². The van der Waals surface area contributed by atoms with Crippen molar-refractivity contribution in [3.05, 3.63) is 56.7 Å². The summed E-state index contributed by atoms with van der Waals surface area (Å²) in [6.07, 6.45) is 1.69. The van der Waals surface area contributed by atoms with Gasteiger partial charge in [0.1, 0.15) is 0 Å². The molecule has 1 aliphatic rings. The number of H-pyrrole nitrogens is 1. The highest BCUT2D eigenvalue weighted by Crippen LogP contribution is 2.36. The van der Waals surface area contributed by atoms with E-state index in [0.29, 0.717) is 45.0 Å². The van der Waals surface area contributed by atoms with Gasteiger partial charge in [-0.15, -0.1) is 0 Å². The SMILES string of the molecule is CCOC(=O)c1c(C)[nH]c(/C=C2\C(=O)Nc3ccc(N=[N+]=[N-])cc32)c1C. The number of aromatic amines is 1. The summed E-state index contributed by atoms with van der Waals surface area (Å²) in [4.78, 5) is 30.4. The van der Waals surface area contributed by atoms with Gasteiger partial charge in [-0.3, -0.25) is 4.79 Å². The van der Waals surface area contributed by atoms with Crippen molar-refractivity contribution in [1.82, 2.24) is 4.98 Å². The summed E-state index contributed by atoms with van der Waals surface area (Å²) in [6, 6.07) is 4.97. The molecule has 0 spiro atoms. The monoisotopic (exact) mass is 351 g/mol. The molecule has 3 rings (SSSR count). The van der Waals surface area contributed by atoms with E-state index in [-0.39, 0.29) is 12.5 Å². The number of carbonyl (C=O) groups excluding carboxylic acids is 2. The molecule has 0 saturated carbocycles. The summed E-state index contributed by atoms with van der Waals surface area (Å²) in [7, 11) is 0. The molecule has 0 atom stereocenters. The van der Waals surface area contributed by atoms with Crippen molar-refractivity contribution in [3.8, 4) is 0 Å². The molecule has 0 radical (unpaired) electrons. The zero-order valence-electron chi connectivity index (χ0n) is 14.6. The number of fused-ring (bicyclic) bond motifs is 1. The number of hydrogen-bond donors (Lipinski definition) is 2. The fraction of sp³-hybridized carbons (Fsp3) is 0.222. The van der Waals surface area contributed by atoms with Crippen LogP contribution in [0.3, 0.4) is 0 Å². The van der Waals surface area contributed by atoms with Gasteiger partial charge in [-0.05, 0) is 50.1 Å². The van der Waals surface area contributed by atoms with Gasteiger partial charge in [-0.2, -0.15) is 0 Å². The van der Waals surface area contributed by atoms with Crippen LogP contribution in [0.25, 0.3) is 22.1 Å². The number of benzene rings is 1. The van der Waals surface area contributed by atoms with Crippen molar-refractivity contribution in [1.29, 1.82) is 0 Å². The van der Waals surface area contributed by atoms with E-state index in [2.05, 4.69) is 20.3 Å². The fourth-order valence-electron chi connectivity index (χ4n) is 3.01. The molecular weight excluding hydrogens is 334 g/mol. The lowest BCUT2D eigenvalue weighted by Gasteiger charge is -2.02. The first kappa shape index (κ1) is 17.3. The number of amides is 1. The van der Waals surface area contributed by atoms with Crippen molar-refractivity contribution in [3.63, 3.8) is 0 Å². The Bertz CT molecular complexity index is 996. The highest BCUT2D eigenvalue weighted by atomic mass is 16.5. The number of aryl methyl sites for hydroxylation is 1. The van der Waals surface area contributed by atoms with Gasteiger partial charge < -0.3 is 15.0 Å². The molecule has 0 aliphatic carbocycles. The van der Waals surface area contributed by atoms with E-state index in [0.717, 1.165) is 0 Å². The van der Waals surface area contributed by atoms with Crippen LogP contribution in [0.2, 0.25) is 0 Å². The van der Waals surface area contributed by atoms with Gasteiger partial charge in [0.15, 0.2) is 0 Å². The number of azide groups is 1. The normalized spacial score (nSPS) is 14.0. The van der Waals surface area contributed by atoms with Crippen LogP contribution in [0.5, 0.6) is 0 Å². The first-order valence-electron chi connectivity index (χ1n) is 8.05. The summed E-state index contributed by atoms with van der Waals surface area (Å²) >= 11 is 0. The summed E-state index contributed by atoms with van der Waals surface area (Å²) in [5, 5.41) is 6.35. The number of hydrogen-bond acceptors (Lipinski definition) is 4. The third-order valence-electron chi connectivity index (χ3n) is 4.19. The van der Waals surface area contributed by atoms with Gasteiger partial charge in [0.25, 0.3) is 5.91 Å². The van der Waals surface area contributed by atoms with Gasteiger partial charge in [0.2, 0.25) is 0 Å².